The summed E-state index contributed by atoms with van der Waals surface area (Å²) in [6, 6.07) is 15.2. The minimum absolute atomic E-state index is 0.0131. The van der Waals surface area contributed by atoms with Crippen LogP contribution < -0.4 is 19.7 Å². The van der Waals surface area contributed by atoms with Crippen molar-refractivity contribution in [1.82, 2.24) is 15.2 Å². The molecule has 1 amide bonds. The number of anilines is 1. The Morgan fingerprint density at radius 1 is 1.00 bits per heavy atom. The number of nitrogens with one attached hydrogen (secondary N) is 1. The average molecular weight is 581 g/mol. The topological polar surface area (TPSA) is 66.9 Å². The molecule has 222 valence electrons. The number of benzene rings is 2. The van der Waals surface area contributed by atoms with Gasteiger partial charge >= 0.3 is 6.18 Å². The molecule has 0 saturated carbocycles. The summed E-state index contributed by atoms with van der Waals surface area (Å²) < 4.78 is 50.8. The van der Waals surface area contributed by atoms with Gasteiger partial charge in [0.15, 0.2) is 6.10 Å². The molecule has 1 unspecified atom stereocenters. The van der Waals surface area contributed by atoms with Crippen molar-refractivity contribution in [3.63, 3.8) is 0 Å². The second kappa shape index (κ2) is 12.2. The Kier molecular flexibility index (Phi) is 8.24. The monoisotopic (exact) mass is 580 g/mol. The zero-order valence-electron chi connectivity index (χ0n) is 23.4. The van der Waals surface area contributed by atoms with Crippen molar-refractivity contribution in [3.8, 4) is 11.5 Å². The fraction of sp³-hybridized carbons (Fsp3) is 0.438. The van der Waals surface area contributed by atoms with E-state index < -0.39 is 17.8 Å². The van der Waals surface area contributed by atoms with Crippen LogP contribution in [0.2, 0.25) is 0 Å². The van der Waals surface area contributed by atoms with Gasteiger partial charge in [0.1, 0.15) is 17.6 Å². The minimum atomic E-state index is -4.33. The van der Waals surface area contributed by atoms with Gasteiger partial charge in [0, 0.05) is 81.7 Å². The van der Waals surface area contributed by atoms with Crippen LogP contribution in [0.3, 0.4) is 0 Å². The van der Waals surface area contributed by atoms with Gasteiger partial charge in [-0.2, -0.15) is 13.2 Å². The average Bonchev–Trinajstić information content (AvgIpc) is 3.43. The molecular formula is C32H35F3N4O3. The molecule has 0 radical (unpaired) electrons. The molecule has 1 N–H and O–H groups in total. The quantitative estimate of drug-likeness (QED) is 0.413. The first-order valence-corrected chi connectivity index (χ1v) is 14.6. The molecule has 2 saturated heterocycles. The van der Waals surface area contributed by atoms with Crippen LogP contribution in [0.1, 0.15) is 42.4 Å². The summed E-state index contributed by atoms with van der Waals surface area (Å²) in [5.74, 6) is 1.38. The Balaban J connectivity index is 0.947. The van der Waals surface area contributed by atoms with Crippen molar-refractivity contribution in [2.24, 2.45) is 0 Å². The SMILES string of the molecule is O=C(NC1CCN(Cc2cccnc2)CC1)C1Cc2cc(OC3CCN(c4ccc(C(F)(F)F)cc4)CC3)ccc2O1. The number of hydrogen-bond donors (Lipinski definition) is 1. The number of amides is 1. The van der Waals surface area contributed by atoms with Gasteiger partial charge < -0.3 is 19.7 Å². The molecule has 4 heterocycles. The fourth-order valence-electron chi connectivity index (χ4n) is 6.01. The van der Waals surface area contributed by atoms with Crippen LogP contribution in [-0.2, 0) is 23.9 Å². The van der Waals surface area contributed by atoms with Crippen LogP contribution in [0.5, 0.6) is 11.5 Å². The van der Waals surface area contributed by atoms with E-state index in [4.69, 9.17) is 9.47 Å². The van der Waals surface area contributed by atoms with E-state index in [1.807, 2.05) is 30.5 Å². The Morgan fingerprint density at radius 2 is 1.76 bits per heavy atom. The summed E-state index contributed by atoms with van der Waals surface area (Å²) in [6.45, 7) is 4.13. The minimum Gasteiger partial charge on any atom is -0.490 e. The molecule has 2 aromatic carbocycles. The fourth-order valence-corrected chi connectivity index (χ4v) is 6.01. The van der Waals surface area contributed by atoms with E-state index in [1.54, 1.807) is 6.20 Å². The number of nitrogens with zero attached hydrogens (tertiary/aromatic N) is 3. The highest BCUT2D eigenvalue weighted by atomic mass is 19.4. The number of fused-ring (bicyclic) bond motifs is 1. The van der Waals surface area contributed by atoms with Crippen molar-refractivity contribution in [2.75, 3.05) is 31.1 Å². The predicted octanol–water partition coefficient (Wildman–Crippen LogP) is 5.23. The highest BCUT2D eigenvalue weighted by molar-refractivity contribution is 5.82. The summed E-state index contributed by atoms with van der Waals surface area (Å²) >= 11 is 0. The number of carbonyl (C=O) groups is 1. The lowest BCUT2D eigenvalue weighted by atomic mass is 10.0. The molecule has 0 aliphatic carbocycles. The van der Waals surface area contributed by atoms with Gasteiger partial charge in [-0.3, -0.25) is 14.7 Å². The molecule has 3 aliphatic heterocycles. The Bertz CT molecular complexity index is 1350. The number of likely N-dealkylation sites (tertiary alicyclic amines) is 1. The lowest BCUT2D eigenvalue weighted by Crippen LogP contribution is -2.48. The third-order valence-electron chi connectivity index (χ3n) is 8.37. The number of carbonyl (C=O) groups excluding carboxylic acids is 1. The second-order valence-electron chi connectivity index (χ2n) is 11.3. The number of piperidine rings is 2. The Hall–Kier alpha value is -3.79. The van der Waals surface area contributed by atoms with E-state index in [1.165, 1.54) is 17.7 Å². The molecule has 0 bridgehead atoms. The number of alkyl halides is 3. The molecule has 7 nitrogen and oxygen atoms in total. The van der Waals surface area contributed by atoms with Gasteiger partial charge in [-0.05, 0) is 66.9 Å². The van der Waals surface area contributed by atoms with Crippen molar-refractivity contribution >= 4 is 11.6 Å². The molecule has 1 atom stereocenters. The van der Waals surface area contributed by atoms with Gasteiger partial charge in [0.2, 0.25) is 0 Å². The number of halogens is 3. The van der Waals surface area contributed by atoms with Gasteiger partial charge in [-0.25, -0.2) is 0 Å². The summed E-state index contributed by atoms with van der Waals surface area (Å²) in [5.41, 5.74) is 2.31. The first-order chi connectivity index (χ1) is 20.3. The normalized spacial score (nSPS) is 20.2. The summed E-state index contributed by atoms with van der Waals surface area (Å²) in [6.07, 6.45) is 2.66. The van der Waals surface area contributed by atoms with E-state index in [2.05, 4.69) is 26.2 Å². The third-order valence-corrected chi connectivity index (χ3v) is 8.37. The van der Waals surface area contributed by atoms with Crippen molar-refractivity contribution in [2.45, 2.75) is 63.1 Å². The molecule has 3 aromatic rings. The zero-order chi connectivity index (χ0) is 29.1. The van der Waals surface area contributed by atoms with Crippen LogP contribution in [0.25, 0.3) is 0 Å². The van der Waals surface area contributed by atoms with Crippen LogP contribution >= 0.6 is 0 Å². The molecule has 10 heteroatoms. The Labute approximate surface area is 243 Å². The maximum Gasteiger partial charge on any atom is 0.416 e. The predicted molar refractivity (Wildman–Crippen MR) is 153 cm³/mol. The van der Waals surface area contributed by atoms with Crippen LogP contribution in [0.4, 0.5) is 18.9 Å². The maximum atomic E-state index is 13.0. The number of ether oxygens (including phenoxy) is 2. The molecule has 42 heavy (non-hydrogen) atoms. The molecule has 2 fully saturated rings. The third kappa shape index (κ3) is 6.81. The van der Waals surface area contributed by atoms with Crippen molar-refractivity contribution in [3.05, 3.63) is 83.7 Å². The highest BCUT2D eigenvalue weighted by Crippen LogP contribution is 2.34. The largest absolute Gasteiger partial charge is 0.490 e. The highest BCUT2D eigenvalue weighted by Gasteiger charge is 2.33. The lowest BCUT2D eigenvalue weighted by Gasteiger charge is -2.34. The molecular weight excluding hydrogens is 545 g/mol. The summed E-state index contributed by atoms with van der Waals surface area (Å²) in [5, 5.41) is 3.19. The molecule has 1 aromatic heterocycles. The van der Waals surface area contributed by atoms with E-state index in [-0.39, 0.29) is 18.1 Å². The van der Waals surface area contributed by atoms with Crippen molar-refractivity contribution < 1.29 is 27.4 Å². The van der Waals surface area contributed by atoms with E-state index in [9.17, 15) is 18.0 Å². The van der Waals surface area contributed by atoms with Crippen LogP contribution in [0, 0.1) is 0 Å². The van der Waals surface area contributed by atoms with Gasteiger partial charge in [-0.1, -0.05) is 6.07 Å². The van der Waals surface area contributed by atoms with E-state index >= 15 is 0 Å². The number of hydrogen-bond acceptors (Lipinski definition) is 6. The summed E-state index contributed by atoms with van der Waals surface area (Å²) in [4.78, 5) is 21.7. The smallest absolute Gasteiger partial charge is 0.416 e. The standard InChI is InChI=1S/C32H35F3N4O3/c33-32(34,35)24-3-5-26(6-4-24)39-16-11-27(12-17-39)41-28-7-8-29-23(18-28)19-30(42-29)31(40)37-25-9-14-38(15-10-25)21-22-2-1-13-36-20-22/h1-8,13,18,20,25,27,30H,9-12,14-17,19,21H2,(H,37,40). The number of pyridine rings is 1. The van der Waals surface area contributed by atoms with E-state index in [0.29, 0.717) is 25.3 Å². The van der Waals surface area contributed by atoms with Gasteiger partial charge in [-0.15, -0.1) is 0 Å². The first kappa shape index (κ1) is 28.3. The Morgan fingerprint density at radius 3 is 2.45 bits per heavy atom. The van der Waals surface area contributed by atoms with Gasteiger partial charge in [0.05, 0.1) is 5.56 Å². The molecule has 6 rings (SSSR count). The van der Waals surface area contributed by atoms with Crippen LogP contribution in [0.15, 0.2) is 67.0 Å². The van der Waals surface area contributed by atoms with Crippen LogP contribution in [-0.4, -0.2) is 60.2 Å². The van der Waals surface area contributed by atoms with E-state index in [0.717, 1.165) is 74.5 Å². The molecule has 3 aliphatic rings. The first-order valence-electron chi connectivity index (χ1n) is 14.6. The summed E-state index contributed by atoms with van der Waals surface area (Å²) in [7, 11) is 0. The number of rotatable bonds is 7. The second-order valence-corrected chi connectivity index (χ2v) is 11.3. The lowest BCUT2D eigenvalue weighted by molar-refractivity contribution is -0.137. The maximum absolute atomic E-state index is 13.0. The number of aromatic nitrogens is 1. The van der Waals surface area contributed by atoms with Gasteiger partial charge in [0.25, 0.3) is 5.91 Å². The zero-order valence-corrected chi connectivity index (χ0v) is 23.4. The van der Waals surface area contributed by atoms with Crippen molar-refractivity contribution in [1.29, 1.82) is 0 Å². The molecule has 0 spiro atoms.